The van der Waals surface area contributed by atoms with E-state index in [1.807, 2.05) is 34.6 Å². The van der Waals surface area contributed by atoms with E-state index in [4.69, 9.17) is 4.74 Å². The molecule has 0 radical (unpaired) electrons. The Hall–Kier alpha value is -1.69. The van der Waals surface area contributed by atoms with E-state index < -0.39 is 5.60 Å². The fraction of sp³-hybridized carbons (Fsp3) is 0.533. The van der Waals surface area contributed by atoms with Crippen LogP contribution in [0.1, 0.15) is 37.0 Å². The number of esters is 1. The molecule has 0 atom stereocenters. The third-order valence-corrected chi connectivity index (χ3v) is 4.06. The molecule has 0 saturated heterocycles. The second kappa shape index (κ2) is 5.60. The Balaban J connectivity index is 2.24. The van der Waals surface area contributed by atoms with Gasteiger partial charge in [0.05, 0.1) is 5.39 Å². The summed E-state index contributed by atoms with van der Waals surface area (Å²) in [7, 11) is 0. The average molecular weight is 307 g/mol. The highest BCUT2D eigenvalue weighted by Gasteiger charge is 2.18. The van der Waals surface area contributed by atoms with Crippen LogP contribution in [0.3, 0.4) is 0 Å². The van der Waals surface area contributed by atoms with Crippen molar-refractivity contribution < 1.29 is 9.53 Å². The summed E-state index contributed by atoms with van der Waals surface area (Å²) >= 11 is 1.64. The summed E-state index contributed by atoms with van der Waals surface area (Å²) in [5.74, 6) is 1.09. The number of thiophene rings is 1. The van der Waals surface area contributed by atoms with Crippen molar-refractivity contribution in [1.29, 1.82) is 0 Å². The molecule has 2 aromatic heterocycles. The van der Waals surface area contributed by atoms with Crippen LogP contribution in [0.5, 0.6) is 0 Å². The molecule has 0 aliphatic carbocycles. The molecule has 0 unspecified atom stereocenters. The van der Waals surface area contributed by atoms with E-state index in [1.165, 1.54) is 4.88 Å². The van der Waals surface area contributed by atoms with E-state index in [0.717, 1.165) is 15.8 Å². The fourth-order valence-corrected chi connectivity index (χ4v) is 3.09. The number of nitrogens with one attached hydrogen (secondary N) is 1. The Kier molecular flexibility index (Phi) is 4.18. The zero-order valence-corrected chi connectivity index (χ0v) is 14.1. The van der Waals surface area contributed by atoms with Crippen LogP contribution in [0.2, 0.25) is 0 Å². The number of rotatable bonds is 3. The number of carbonyl (C=O) groups excluding carboxylic acids is 1. The minimum Gasteiger partial charge on any atom is -0.459 e. The van der Waals surface area contributed by atoms with Crippen LogP contribution in [-0.2, 0) is 9.53 Å². The van der Waals surface area contributed by atoms with Crippen LogP contribution >= 0.6 is 11.3 Å². The highest BCUT2D eigenvalue weighted by atomic mass is 32.1. The quantitative estimate of drug-likeness (QED) is 0.881. The molecule has 0 fully saturated rings. The van der Waals surface area contributed by atoms with Crippen molar-refractivity contribution in [2.75, 3.05) is 11.9 Å². The molecule has 114 valence electrons. The summed E-state index contributed by atoms with van der Waals surface area (Å²) in [6, 6.07) is 0. The van der Waals surface area contributed by atoms with Crippen molar-refractivity contribution in [3.8, 4) is 0 Å². The molecule has 0 aliphatic rings. The first kappa shape index (κ1) is 15.7. The van der Waals surface area contributed by atoms with Crippen molar-refractivity contribution in [2.45, 2.75) is 47.1 Å². The number of aryl methyl sites for hydroxylation is 3. The first-order valence-corrected chi connectivity index (χ1v) is 7.69. The van der Waals surface area contributed by atoms with E-state index >= 15 is 0 Å². The van der Waals surface area contributed by atoms with Crippen LogP contribution in [0, 0.1) is 20.8 Å². The Labute approximate surface area is 128 Å². The standard InChI is InChI=1S/C15H21N3O2S/c1-8-9(2)21-14-12(8)13(17-10(3)18-14)16-7-11(19)20-15(4,5)6/h7H2,1-6H3,(H,16,17,18). The number of aromatic nitrogens is 2. The van der Waals surface area contributed by atoms with E-state index in [0.29, 0.717) is 11.6 Å². The molecule has 2 rings (SSSR count). The predicted molar refractivity (Wildman–Crippen MR) is 86.0 cm³/mol. The summed E-state index contributed by atoms with van der Waals surface area (Å²) in [6.07, 6.45) is 0. The topological polar surface area (TPSA) is 64.1 Å². The van der Waals surface area contributed by atoms with Gasteiger partial charge in [-0.2, -0.15) is 0 Å². The summed E-state index contributed by atoms with van der Waals surface area (Å²) in [4.78, 5) is 22.9. The van der Waals surface area contributed by atoms with Gasteiger partial charge >= 0.3 is 5.97 Å². The minimum absolute atomic E-state index is 0.0944. The van der Waals surface area contributed by atoms with Crippen LogP contribution in [-0.4, -0.2) is 28.1 Å². The van der Waals surface area contributed by atoms with Gasteiger partial charge in [0.25, 0.3) is 0 Å². The van der Waals surface area contributed by atoms with E-state index in [9.17, 15) is 4.79 Å². The first-order valence-electron chi connectivity index (χ1n) is 6.87. The largest absolute Gasteiger partial charge is 0.459 e. The number of carbonyl (C=O) groups is 1. The molecule has 2 aromatic rings. The summed E-state index contributed by atoms with van der Waals surface area (Å²) in [5, 5.41) is 4.08. The molecule has 0 aliphatic heterocycles. The van der Waals surface area contributed by atoms with Gasteiger partial charge in [0.1, 0.15) is 28.6 Å². The van der Waals surface area contributed by atoms with Crippen LogP contribution in [0.25, 0.3) is 10.2 Å². The fourth-order valence-electron chi connectivity index (χ4n) is 2.02. The maximum atomic E-state index is 11.8. The van der Waals surface area contributed by atoms with Gasteiger partial charge in [0.2, 0.25) is 0 Å². The Morgan fingerprint density at radius 3 is 2.52 bits per heavy atom. The lowest BCUT2D eigenvalue weighted by Crippen LogP contribution is -2.28. The monoisotopic (exact) mass is 307 g/mol. The highest BCUT2D eigenvalue weighted by Crippen LogP contribution is 2.33. The molecule has 5 nitrogen and oxygen atoms in total. The lowest BCUT2D eigenvalue weighted by atomic mass is 10.2. The second-order valence-corrected chi connectivity index (χ2v) is 7.23. The molecule has 0 bridgehead atoms. The number of fused-ring (bicyclic) bond motifs is 1. The molecule has 0 aromatic carbocycles. The van der Waals surface area contributed by atoms with Crippen molar-refractivity contribution in [1.82, 2.24) is 9.97 Å². The molecular weight excluding hydrogens is 286 g/mol. The maximum absolute atomic E-state index is 11.8. The second-order valence-electron chi connectivity index (χ2n) is 6.02. The van der Waals surface area contributed by atoms with E-state index in [1.54, 1.807) is 11.3 Å². The third kappa shape index (κ3) is 3.69. The molecule has 21 heavy (non-hydrogen) atoms. The van der Waals surface area contributed by atoms with E-state index in [2.05, 4.69) is 22.2 Å². The predicted octanol–water partition coefficient (Wildman–Crippen LogP) is 3.37. The zero-order valence-electron chi connectivity index (χ0n) is 13.3. The van der Waals surface area contributed by atoms with Crippen LogP contribution in [0.4, 0.5) is 5.82 Å². The Morgan fingerprint density at radius 1 is 1.24 bits per heavy atom. The summed E-state index contributed by atoms with van der Waals surface area (Å²) in [5.41, 5.74) is 0.673. The molecule has 0 amide bonds. The average Bonchev–Trinajstić information content (AvgIpc) is 2.59. The number of ether oxygens (including phenoxy) is 1. The van der Waals surface area contributed by atoms with Crippen LogP contribution in [0.15, 0.2) is 0 Å². The van der Waals surface area contributed by atoms with Crippen molar-refractivity contribution in [3.63, 3.8) is 0 Å². The first-order chi connectivity index (χ1) is 9.67. The SMILES string of the molecule is Cc1nc(NCC(=O)OC(C)(C)C)c2c(C)c(C)sc2n1. The summed E-state index contributed by atoms with van der Waals surface area (Å²) < 4.78 is 5.29. The van der Waals surface area contributed by atoms with Gasteiger partial charge in [-0.3, -0.25) is 4.79 Å². The van der Waals surface area contributed by atoms with Crippen molar-refractivity contribution in [3.05, 3.63) is 16.3 Å². The zero-order chi connectivity index (χ0) is 15.8. The number of anilines is 1. The lowest BCUT2D eigenvalue weighted by molar-refractivity contribution is -0.152. The molecular formula is C15H21N3O2S. The third-order valence-electron chi connectivity index (χ3n) is 2.96. The molecule has 2 heterocycles. The minimum atomic E-state index is -0.482. The van der Waals surface area contributed by atoms with Gasteiger partial charge in [0.15, 0.2) is 0 Å². The van der Waals surface area contributed by atoms with Gasteiger partial charge in [0, 0.05) is 4.88 Å². The van der Waals surface area contributed by atoms with Crippen molar-refractivity contribution >= 4 is 33.3 Å². The number of nitrogens with zero attached hydrogens (tertiary/aromatic N) is 2. The van der Waals surface area contributed by atoms with Gasteiger partial charge in [-0.05, 0) is 47.1 Å². The van der Waals surface area contributed by atoms with Crippen molar-refractivity contribution in [2.24, 2.45) is 0 Å². The van der Waals surface area contributed by atoms with E-state index in [-0.39, 0.29) is 12.5 Å². The van der Waals surface area contributed by atoms with Crippen LogP contribution < -0.4 is 5.32 Å². The molecule has 1 N–H and O–H groups in total. The highest BCUT2D eigenvalue weighted by molar-refractivity contribution is 7.18. The Morgan fingerprint density at radius 2 is 1.90 bits per heavy atom. The lowest BCUT2D eigenvalue weighted by Gasteiger charge is -2.19. The smallest absolute Gasteiger partial charge is 0.325 e. The van der Waals surface area contributed by atoms with Gasteiger partial charge in [-0.15, -0.1) is 11.3 Å². The normalized spacial score (nSPS) is 11.7. The molecule has 0 spiro atoms. The molecule has 6 heteroatoms. The maximum Gasteiger partial charge on any atom is 0.325 e. The number of hydrogen-bond donors (Lipinski definition) is 1. The Bertz CT molecular complexity index is 686. The molecule has 0 saturated carbocycles. The van der Waals surface area contributed by atoms with Gasteiger partial charge in [-0.25, -0.2) is 9.97 Å². The van der Waals surface area contributed by atoms with Gasteiger partial charge < -0.3 is 10.1 Å². The number of hydrogen-bond acceptors (Lipinski definition) is 6. The van der Waals surface area contributed by atoms with Gasteiger partial charge in [-0.1, -0.05) is 0 Å². The summed E-state index contributed by atoms with van der Waals surface area (Å²) in [6.45, 7) is 11.6.